The smallest absolute Gasteiger partial charge is 0.420 e. The van der Waals surface area contributed by atoms with Crippen LogP contribution in [0.15, 0.2) is 18.2 Å². The van der Waals surface area contributed by atoms with Gasteiger partial charge in [-0.05, 0) is 51.5 Å². The first kappa shape index (κ1) is 15.2. The number of fused-ring (bicyclic) bond motifs is 1. The van der Waals surface area contributed by atoms with E-state index >= 15 is 0 Å². The van der Waals surface area contributed by atoms with E-state index in [1.165, 1.54) is 44.4 Å². The Morgan fingerprint density at radius 3 is 2.45 bits per heavy atom. The van der Waals surface area contributed by atoms with Gasteiger partial charge in [-0.25, -0.2) is 0 Å². The highest BCUT2D eigenvalue weighted by Gasteiger charge is 2.40. The van der Waals surface area contributed by atoms with Crippen LogP contribution >= 0.6 is 0 Å². The fourth-order valence-electron chi connectivity index (χ4n) is 2.02. The lowest BCUT2D eigenvalue weighted by molar-refractivity contribution is -0.137. The average Bonchev–Trinajstić information content (AvgIpc) is 3.22. The molecule has 5 heteroatoms. The summed E-state index contributed by atoms with van der Waals surface area (Å²) in [5.41, 5.74) is -0.685. The third-order valence-corrected chi connectivity index (χ3v) is 3.37. The fraction of sp³-hybridized carbons (Fsp3) is 0.600. The van der Waals surface area contributed by atoms with Crippen LogP contribution in [-0.2, 0) is 6.18 Å². The second-order valence-corrected chi connectivity index (χ2v) is 5.62. The van der Waals surface area contributed by atoms with Crippen LogP contribution in [0, 0.1) is 5.92 Å². The van der Waals surface area contributed by atoms with Crippen LogP contribution in [0.3, 0.4) is 0 Å². The van der Waals surface area contributed by atoms with E-state index in [2.05, 4.69) is 23.7 Å². The van der Waals surface area contributed by atoms with Crippen molar-refractivity contribution < 1.29 is 17.9 Å². The maximum Gasteiger partial charge on any atom is 0.420 e. The molecule has 0 amide bonds. The van der Waals surface area contributed by atoms with Gasteiger partial charge in [-0.3, -0.25) is 0 Å². The molecule has 1 aromatic rings. The van der Waals surface area contributed by atoms with Crippen molar-refractivity contribution in [3.63, 3.8) is 0 Å². The summed E-state index contributed by atoms with van der Waals surface area (Å²) in [5, 5.41) is 0. The van der Waals surface area contributed by atoms with Crippen LogP contribution in [0.25, 0.3) is 0 Å². The highest BCUT2D eigenvalue weighted by Crippen LogP contribution is 2.52. The van der Waals surface area contributed by atoms with Gasteiger partial charge >= 0.3 is 6.18 Å². The molecular weight excluding hydrogens is 267 g/mol. The van der Waals surface area contributed by atoms with Gasteiger partial charge in [0.1, 0.15) is 5.56 Å². The summed E-state index contributed by atoms with van der Waals surface area (Å²) >= 11 is 0. The quantitative estimate of drug-likeness (QED) is 0.767. The Bertz CT molecular complexity index is 451. The third kappa shape index (κ3) is 4.71. The van der Waals surface area contributed by atoms with Crippen LogP contribution in [-0.4, -0.2) is 25.5 Å². The van der Waals surface area contributed by atoms with E-state index in [-0.39, 0.29) is 5.75 Å². The minimum Gasteiger partial charge on any atom is -0.449 e. The summed E-state index contributed by atoms with van der Waals surface area (Å²) in [4.78, 5) is 2.27. The van der Waals surface area contributed by atoms with Gasteiger partial charge < -0.3 is 9.64 Å². The molecule has 0 spiro atoms. The number of halogens is 3. The average molecular weight is 287 g/mol. The van der Waals surface area contributed by atoms with Crippen molar-refractivity contribution in [2.75, 3.05) is 20.6 Å². The van der Waals surface area contributed by atoms with Gasteiger partial charge in [0, 0.05) is 0 Å². The first-order valence-electron chi connectivity index (χ1n) is 6.90. The van der Waals surface area contributed by atoms with Gasteiger partial charge in [0.05, 0.1) is 0 Å². The maximum absolute atomic E-state index is 12.0. The Hall–Kier alpha value is -1.23. The highest BCUT2D eigenvalue weighted by molar-refractivity contribution is 5.60. The summed E-state index contributed by atoms with van der Waals surface area (Å²) in [6.07, 6.45) is 1.60. The van der Waals surface area contributed by atoms with E-state index in [4.69, 9.17) is 0 Å². The molecule has 2 aliphatic rings. The molecule has 112 valence electrons. The number of ether oxygens (including phenoxy) is 1. The van der Waals surface area contributed by atoms with Gasteiger partial charge in [0.25, 0.3) is 0 Å². The first-order valence-corrected chi connectivity index (χ1v) is 6.90. The number of hydrogen-bond acceptors (Lipinski definition) is 2. The van der Waals surface area contributed by atoms with Crippen molar-refractivity contribution in [2.45, 2.75) is 31.9 Å². The molecule has 2 nitrogen and oxygen atoms in total. The summed E-state index contributed by atoms with van der Waals surface area (Å²) < 4.78 is 40.6. The van der Waals surface area contributed by atoms with Crippen molar-refractivity contribution in [2.24, 2.45) is 5.92 Å². The Balaban J connectivity index is 0.000000151. The monoisotopic (exact) mass is 287 g/mol. The SMILES string of the molecule is CN(C)CCCC1CC1.FC(F)(F)c1cccc2c1O2. The molecule has 0 radical (unpaired) electrons. The van der Waals surface area contributed by atoms with E-state index in [9.17, 15) is 13.2 Å². The van der Waals surface area contributed by atoms with Gasteiger partial charge in [-0.15, -0.1) is 0 Å². The molecule has 1 aliphatic heterocycles. The summed E-state index contributed by atoms with van der Waals surface area (Å²) in [6.45, 7) is 1.27. The first-order chi connectivity index (χ1) is 9.38. The Kier molecular flexibility index (Phi) is 4.58. The van der Waals surface area contributed by atoms with Crippen LogP contribution in [0.4, 0.5) is 13.2 Å². The molecule has 20 heavy (non-hydrogen) atoms. The predicted octanol–water partition coefficient (Wildman–Crippen LogP) is 4.55. The fourth-order valence-corrected chi connectivity index (χ4v) is 2.02. The molecular formula is C15H20F3NO. The van der Waals surface area contributed by atoms with Gasteiger partial charge in [0.15, 0.2) is 11.5 Å². The van der Waals surface area contributed by atoms with Crippen LogP contribution in [0.1, 0.15) is 31.2 Å². The Morgan fingerprint density at radius 2 is 1.95 bits per heavy atom. The van der Waals surface area contributed by atoms with E-state index in [1.807, 2.05) is 0 Å². The molecule has 0 unspecified atom stereocenters. The standard InChI is InChI=1S/C8H17N.C7H3F3O/c1-9(2)7-3-4-8-5-6-8;8-7(9,10)4-2-1-3-5-6(4)11-5/h8H,3-7H2,1-2H3;1-3H. The molecule has 0 N–H and O–H groups in total. The van der Waals surface area contributed by atoms with Crippen molar-refractivity contribution in [3.05, 3.63) is 23.8 Å². The van der Waals surface area contributed by atoms with Crippen LogP contribution < -0.4 is 4.74 Å². The van der Waals surface area contributed by atoms with Crippen molar-refractivity contribution in [1.82, 2.24) is 4.90 Å². The zero-order chi connectivity index (χ0) is 14.8. The number of hydrogen-bond donors (Lipinski definition) is 0. The van der Waals surface area contributed by atoms with Crippen molar-refractivity contribution in [1.29, 1.82) is 0 Å². The van der Waals surface area contributed by atoms with Crippen molar-refractivity contribution in [3.8, 4) is 11.5 Å². The minimum absolute atomic E-state index is 0.0278. The Labute approximate surface area is 117 Å². The molecule has 0 aromatic heterocycles. The van der Waals surface area contributed by atoms with Crippen molar-refractivity contribution >= 4 is 0 Å². The molecule has 1 heterocycles. The van der Waals surface area contributed by atoms with E-state index in [0.717, 1.165) is 12.0 Å². The second-order valence-electron chi connectivity index (χ2n) is 5.62. The predicted molar refractivity (Wildman–Crippen MR) is 72.0 cm³/mol. The van der Waals surface area contributed by atoms with E-state index in [0.29, 0.717) is 5.75 Å². The number of para-hydroxylation sites is 1. The van der Waals surface area contributed by atoms with E-state index in [1.54, 1.807) is 0 Å². The lowest BCUT2D eigenvalue weighted by Crippen LogP contribution is -2.12. The lowest BCUT2D eigenvalue weighted by atomic mass is 10.2. The van der Waals surface area contributed by atoms with Gasteiger partial charge in [0.2, 0.25) is 0 Å². The minimum atomic E-state index is -4.29. The molecule has 1 aliphatic carbocycles. The third-order valence-electron chi connectivity index (χ3n) is 3.37. The number of nitrogens with zero attached hydrogens (tertiary/aromatic N) is 1. The largest absolute Gasteiger partial charge is 0.449 e. The molecule has 0 atom stereocenters. The summed E-state index contributed by atoms with van der Waals surface area (Å²) in [5.74, 6) is 1.42. The molecule has 1 aromatic carbocycles. The lowest BCUT2D eigenvalue weighted by Gasteiger charge is -2.07. The summed E-state index contributed by atoms with van der Waals surface area (Å²) in [6, 6.07) is 3.84. The molecule has 1 saturated carbocycles. The molecule has 1 fully saturated rings. The molecule has 0 bridgehead atoms. The zero-order valence-corrected chi connectivity index (χ0v) is 11.8. The van der Waals surface area contributed by atoms with E-state index < -0.39 is 11.7 Å². The van der Waals surface area contributed by atoms with Crippen LogP contribution in [0.5, 0.6) is 11.5 Å². The number of rotatable bonds is 4. The van der Waals surface area contributed by atoms with Gasteiger partial charge in [-0.2, -0.15) is 13.2 Å². The van der Waals surface area contributed by atoms with Gasteiger partial charge in [-0.1, -0.05) is 18.9 Å². The number of alkyl halides is 3. The molecule has 0 saturated heterocycles. The summed E-state index contributed by atoms with van der Waals surface area (Å²) in [7, 11) is 4.29. The number of benzene rings is 1. The van der Waals surface area contributed by atoms with Crippen LogP contribution in [0.2, 0.25) is 0 Å². The topological polar surface area (TPSA) is 15.8 Å². The Morgan fingerprint density at radius 1 is 1.25 bits per heavy atom. The molecule has 3 rings (SSSR count). The normalized spacial score (nSPS) is 16.1. The zero-order valence-electron chi connectivity index (χ0n) is 11.8. The second kappa shape index (κ2) is 6.04. The highest BCUT2D eigenvalue weighted by atomic mass is 19.4. The maximum atomic E-state index is 12.0.